The van der Waals surface area contributed by atoms with Crippen LogP contribution in [0.4, 0.5) is 4.79 Å². The van der Waals surface area contributed by atoms with Gasteiger partial charge in [-0.2, -0.15) is 4.90 Å². The highest BCUT2D eigenvalue weighted by atomic mass is 28.4. The first kappa shape index (κ1) is 37.4. The van der Waals surface area contributed by atoms with E-state index in [1.807, 2.05) is 66.7 Å². The Kier molecular flexibility index (Phi) is 10.7. The quantitative estimate of drug-likeness (QED) is 0.109. The smallest absolute Gasteiger partial charge is 0.423 e. The number of methoxy groups -OCH3 is 1. The number of ether oxygens (including phenoxy) is 2. The summed E-state index contributed by atoms with van der Waals surface area (Å²) in [5.74, 6) is -1.88. The van der Waals surface area contributed by atoms with Gasteiger partial charge in [0.2, 0.25) is 11.8 Å². The number of allylic oxidation sites excluding steroid dienone is 1. The Hall–Kier alpha value is -4.94. The maximum absolute atomic E-state index is 13.9. The number of aliphatic hydroxyl groups excluding tert-OH is 1. The van der Waals surface area contributed by atoms with Crippen LogP contribution in [-0.4, -0.2) is 67.6 Å². The van der Waals surface area contributed by atoms with Crippen molar-refractivity contribution in [3.05, 3.63) is 126 Å². The highest BCUT2D eigenvalue weighted by Crippen LogP contribution is 2.51. The van der Waals surface area contributed by atoms with E-state index in [1.54, 1.807) is 12.3 Å². The van der Waals surface area contributed by atoms with Crippen molar-refractivity contribution in [2.24, 2.45) is 17.8 Å². The summed E-state index contributed by atoms with van der Waals surface area (Å²) in [6.45, 7) is 6.94. The van der Waals surface area contributed by atoms with Gasteiger partial charge in [-0.1, -0.05) is 87.5 Å². The van der Waals surface area contributed by atoms with Gasteiger partial charge in [0.15, 0.2) is 0 Å². The molecule has 0 unspecified atom stereocenters. The van der Waals surface area contributed by atoms with E-state index in [0.29, 0.717) is 29.3 Å². The molecular formula is C43H46N2O8Si. The van der Waals surface area contributed by atoms with E-state index < -0.39 is 44.0 Å². The van der Waals surface area contributed by atoms with E-state index >= 15 is 0 Å². The van der Waals surface area contributed by atoms with Crippen LogP contribution >= 0.6 is 0 Å². The second kappa shape index (κ2) is 15.4. The topological polar surface area (TPSA) is 128 Å². The maximum Gasteiger partial charge on any atom is 0.423 e. The molecule has 3 aliphatic rings. The number of rotatable bonds is 11. The number of hydrogen-bond donors (Lipinski definition) is 1. The van der Waals surface area contributed by atoms with Crippen molar-refractivity contribution in [1.82, 2.24) is 9.88 Å². The summed E-state index contributed by atoms with van der Waals surface area (Å²) < 4.78 is 24.7. The van der Waals surface area contributed by atoms with Gasteiger partial charge in [-0.05, 0) is 81.7 Å². The molecule has 4 atom stereocenters. The molecule has 0 bridgehead atoms. The van der Waals surface area contributed by atoms with E-state index in [9.17, 15) is 19.5 Å². The summed E-state index contributed by atoms with van der Waals surface area (Å²) in [4.78, 5) is 45.7. The largest absolute Gasteiger partial charge is 0.459 e. The van der Waals surface area contributed by atoms with Gasteiger partial charge in [-0.15, -0.1) is 0 Å². The van der Waals surface area contributed by atoms with E-state index in [0.717, 1.165) is 32.8 Å². The molecule has 10 nitrogen and oxygen atoms in total. The Morgan fingerprint density at radius 1 is 0.944 bits per heavy atom. The van der Waals surface area contributed by atoms with Crippen molar-refractivity contribution in [3.8, 4) is 0 Å². The van der Waals surface area contributed by atoms with Gasteiger partial charge in [0.1, 0.15) is 18.1 Å². The lowest BCUT2D eigenvalue weighted by Gasteiger charge is -2.44. The van der Waals surface area contributed by atoms with Gasteiger partial charge in [-0.25, -0.2) is 4.79 Å². The van der Waals surface area contributed by atoms with E-state index in [2.05, 4.69) is 50.0 Å². The van der Waals surface area contributed by atoms with Crippen LogP contribution in [0.3, 0.4) is 0 Å². The summed E-state index contributed by atoms with van der Waals surface area (Å²) in [5.41, 5.74) is 3.62. The predicted octanol–water partition coefficient (Wildman–Crippen LogP) is 6.15. The number of pyridine rings is 1. The number of amides is 3. The molecule has 1 aliphatic carbocycles. The Morgan fingerprint density at radius 2 is 1.63 bits per heavy atom. The van der Waals surface area contributed by atoms with Gasteiger partial charge < -0.3 is 23.4 Å². The lowest BCUT2D eigenvalue weighted by atomic mass is 9.69. The molecule has 2 fully saturated rings. The van der Waals surface area contributed by atoms with Crippen molar-refractivity contribution >= 4 is 48.2 Å². The fourth-order valence-electron chi connectivity index (χ4n) is 8.68. The number of carbonyl (C=O) groups is 3. The molecule has 7 rings (SSSR count). The maximum atomic E-state index is 13.9. The van der Waals surface area contributed by atoms with Crippen LogP contribution in [0.2, 0.25) is 5.04 Å². The molecule has 2 aliphatic heterocycles. The van der Waals surface area contributed by atoms with Crippen molar-refractivity contribution in [1.29, 1.82) is 0 Å². The molecule has 54 heavy (non-hydrogen) atoms. The highest BCUT2D eigenvalue weighted by molar-refractivity contribution is 6.99. The van der Waals surface area contributed by atoms with Crippen LogP contribution in [0, 0.1) is 17.8 Å². The first-order valence-corrected chi connectivity index (χ1v) is 20.3. The molecule has 4 heterocycles. The number of furan rings is 1. The third-order valence-corrected chi connectivity index (χ3v) is 16.1. The van der Waals surface area contributed by atoms with E-state index in [1.165, 1.54) is 7.11 Å². The third-order valence-electron chi connectivity index (χ3n) is 11.1. The van der Waals surface area contributed by atoms with Crippen LogP contribution in [-0.2, 0) is 30.1 Å². The first-order chi connectivity index (χ1) is 26.1. The fourth-order valence-corrected chi connectivity index (χ4v) is 13.2. The number of aliphatic hydroxyl groups is 1. The van der Waals surface area contributed by atoms with Gasteiger partial charge in [-0.3, -0.25) is 14.6 Å². The second-order valence-corrected chi connectivity index (χ2v) is 19.4. The van der Waals surface area contributed by atoms with Crippen LogP contribution in [0.1, 0.15) is 57.2 Å². The van der Waals surface area contributed by atoms with Crippen LogP contribution in [0.15, 0.2) is 113 Å². The Bertz CT molecular complexity index is 2020. The highest BCUT2D eigenvalue weighted by Gasteiger charge is 2.59. The minimum Gasteiger partial charge on any atom is -0.459 e. The molecule has 2 aromatic heterocycles. The zero-order valence-electron chi connectivity index (χ0n) is 31.1. The van der Waals surface area contributed by atoms with Crippen molar-refractivity contribution in [2.75, 3.05) is 20.3 Å². The number of hydrogen-bond acceptors (Lipinski definition) is 9. The Morgan fingerprint density at radius 3 is 2.22 bits per heavy atom. The molecule has 0 radical (unpaired) electrons. The number of fused-ring (bicyclic) bond motifs is 3. The van der Waals surface area contributed by atoms with Gasteiger partial charge >= 0.3 is 6.09 Å². The number of benzene rings is 2. The number of nitrogens with zero attached hydrogens (tertiary/aromatic N) is 2. The van der Waals surface area contributed by atoms with Gasteiger partial charge in [0.25, 0.3) is 8.32 Å². The average Bonchev–Trinajstić information content (AvgIpc) is 3.90. The molecule has 11 heteroatoms. The summed E-state index contributed by atoms with van der Waals surface area (Å²) in [6, 6.07) is 30.1. The molecule has 1 N–H and O–H groups in total. The van der Waals surface area contributed by atoms with Crippen molar-refractivity contribution < 1.29 is 37.8 Å². The average molecular weight is 747 g/mol. The third kappa shape index (κ3) is 6.81. The molecule has 2 saturated heterocycles. The monoisotopic (exact) mass is 746 g/mol. The number of imide groups is 3. The zero-order chi connectivity index (χ0) is 38.0. The summed E-state index contributed by atoms with van der Waals surface area (Å²) in [5, 5.41) is 11.6. The predicted molar refractivity (Wildman–Crippen MR) is 206 cm³/mol. The van der Waals surface area contributed by atoms with Crippen LogP contribution < -0.4 is 10.4 Å². The van der Waals surface area contributed by atoms with Crippen LogP contribution in [0.5, 0.6) is 0 Å². The molecule has 0 spiro atoms. The Balaban J connectivity index is 1.28. The van der Waals surface area contributed by atoms with Crippen molar-refractivity contribution in [3.63, 3.8) is 0 Å². The minimum absolute atomic E-state index is 0.201. The molecule has 4 aromatic rings. The van der Waals surface area contributed by atoms with Gasteiger partial charge in [0, 0.05) is 12.1 Å². The fraction of sp³-hybridized carbons (Fsp3) is 0.349. The molecule has 2 aromatic carbocycles. The van der Waals surface area contributed by atoms with E-state index in [4.69, 9.17) is 18.3 Å². The molecule has 280 valence electrons. The summed E-state index contributed by atoms with van der Waals surface area (Å²) >= 11 is 0. The van der Waals surface area contributed by atoms with Crippen molar-refractivity contribution in [2.45, 2.75) is 57.8 Å². The normalized spacial score (nSPS) is 21.7. The zero-order valence-corrected chi connectivity index (χ0v) is 32.1. The van der Waals surface area contributed by atoms with Crippen LogP contribution in [0.25, 0.3) is 11.6 Å². The van der Waals surface area contributed by atoms with Gasteiger partial charge in [0.05, 0.1) is 44.0 Å². The Labute approximate surface area is 316 Å². The SMILES string of the molecule is COC(=O)N1C(=O)[C@@H]2[C@@H](CC(CO[Si](c3ccccc3)(c3ccccc3)C(C)(C)C)=C3[C@@H](CC/C(=C/c4ccc(CO)o4)c4ccccn4)OC[C@@H]32)C1=O. The second-order valence-electron chi connectivity index (χ2n) is 15.1. The molecule has 0 saturated carbocycles. The lowest BCUT2D eigenvalue weighted by molar-refractivity contribution is -0.137. The molecule has 3 amide bonds. The number of likely N-dealkylation sites (tertiary alicyclic amines) is 1. The van der Waals surface area contributed by atoms with E-state index in [-0.39, 0.29) is 37.4 Å². The number of aromatic nitrogens is 1. The molecular weight excluding hydrogens is 701 g/mol. The standard InChI is InChI=1S/C43H46N2O8Si/c1-43(2,3)54(32-13-7-5-8-14-32,33-15-9-6-10-16-33)52-26-29-24-34-39(41(48)45(40(34)47)42(49)50-4)35-27-51-37(38(29)35)21-18-28(36-17-11-12-22-44-36)23-30-19-20-31(25-46)53-30/h5-17,19-20,22-23,34-35,37,39,46H,18,21,24-27H2,1-4H3/b28-23-/t34-,35+,37-,39-/m1/s1. The summed E-state index contributed by atoms with van der Waals surface area (Å²) in [7, 11) is -1.81. The summed E-state index contributed by atoms with van der Waals surface area (Å²) in [6.07, 6.45) is 3.72. The lowest BCUT2D eigenvalue weighted by Crippen LogP contribution is -2.66. The number of carbonyl (C=O) groups excluding carboxylic acids is 3. The first-order valence-electron chi connectivity index (χ1n) is 18.4. The minimum atomic E-state index is -2.98.